The predicted octanol–water partition coefficient (Wildman–Crippen LogP) is 1.18. The van der Waals surface area contributed by atoms with Crippen molar-refractivity contribution in [2.45, 2.75) is 0 Å². The summed E-state index contributed by atoms with van der Waals surface area (Å²) in [6.07, 6.45) is 0.333. The highest BCUT2D eigenvalue weighted by Crippen LogP contribution is 2.15. The number of halogens is 1. The van der Waals surface area contributed by atoms with Gasteiger partial charge in [0.15, 0.2) is 0 Å². The Morgan fingerprint density at radius 2 is 2.29 bits per heavy atom. The monoisotopic (exact) mass is 197 g/mol. The largest absolute Gasteiger partial charge is 0.465 e. The molecule has 0 radical (unpaired) electrons. The summed E-state index contributed by atoms with van der Waals surface area (Å²) in [5.41, 5.74) is 0.126. The number of amides is 1. The Bertz CT molecular complexity index is 365. The lowest BCUT2D eigenvalue weighted by molar-refractivity contribution is -0.105. The van der Waals surface area contributed by atoms with Gasteiger partial charge in [0.05, 0.1) is 18.4 Å². The zero-order valence-corrected chi connectivity index (χ0v) is 7.41. The van der Waals surface area contributed by atoms with E-state index in [1.54, 1.807) is 0 Å². The lowest BCUT2D eigenvalue weighted by atomic mass is 10.2. The van der Waals surface area contributed by atoms with Gasteiger partial charge in [-0.05, 0) is 18.2 Å². The molecule has 14 heavy (non-hydrogen) atoms. The number of hydrogen-bond donors (Lipinski definition) is 1. The first-order chi connectivity index (χ1) is 6.69. The van der Waals surface area contributed by atoms with Crippen molar-refractivity contribution >= 4 is 18.1 Å². The maximum atomic E-state index is 13.0. The third-order valence-electron chi connectivity index (χ3n) is 1.60. The summed E-state index contributed by atoms with van der Waals surface area (Å²) in [5.74, 6) is -1.19. The number of carbonyl (C=O) groups excluding carboxylic acids is 2. The predicted molar refractivity (Wildman–Crippen MR) is 47.4 cm³/mol. The topological polar surface area (TPSA) is 55.4 Å². The summed E-state index contributed by atoms with van der Waals surface area (Å²) in [6, 6.07) is 3.56. The number of rotatable bonds is 3. The van der Waals surface area contributed by atoms with Crippen molar-refractivity contribution in [2.75, 3.05) is 12.4 Å². The molecule has 0 aromatic heterocycles. The highest BCUT2D eigenvalue weighted by atomic mass is 19.1. The summed E-state index contributed by atoms with van der Waals surface area (Å²) >= 11 is 0. The summed E-state index contributed by atoms with van der Waals surface area (Å²) in [5, 5.41) is 2.13. The number of ether oxygens (including phenoxy) is 1. The van der Waals surface area contributed by atoms with Gasteiger partial charge in [-0.2, -0.15) is 0 Å². The number of hydrogen-bond acceptors (Lipinski definition) is 3. The van der Waals surface area contributed by atoms with Crippen LogP contribution in [0.1, 0.15) is 10.4 Å². The second kappa shape index (κ2) is 4.36. The summed E-state index contributed by atoms with van der Waals surface area (Å²) < 4.78 is 17.4. The number of benzene rings is 1. The second-order valence-corrected chi connectivity index (χ2v) is 2.45. The minimum atomic E-state index is -0.607. The molecule has 0 aliphatic heterocycles. The number of anilines is 1. The van der Waals surface area contributed by atoms with E-state index < -0.39 is 11.8 Å². The van der Waals surface area contributed by atoms with Gasteiger partial charge in [-0.3, -0.25) is 4.79 Å². The van der Waals surface area contributed by atoms with E-state index in [2.05, 4.69) is 10.1 Å². The highest BCUT2D eigenvalue weighted by Gasteiger charge is 2.08. The quantitative estimate of drug-likeness (QED) is 0.584. The van der Waals surface area contributed by atoms with E-state index in [9.17, 15) is 14.0 Å². The molecule has 1 amide bonds. The highest BCUT2D eigenvalue weighted by molar-refractivity contribution is 5.91. The van der Waals surface area contributed by atoms with Gasteiger partial charge in [0.1, 0.15) is 5.82 Å². The number of methoxy groups -OCH3 is 1. The molecule has 0 atom stereocenters. The first-order valence-corrected chi connectivity index (χ1v) is 3.77. The molecule has 1 rings (SSSR count). The maximum Gasteiger partial charge on any atom is 0.337 e. The Hall–Kier alpha value is -1.91. The molecule has 4 nitrogen and oxygen atoms in total. The Morgan fingerprint density at radius 1 is 1.57 bits per heavy atom. The number of nitrogens with one attached hydrogen (secondary N) is 1. The Labute approximate surface area is 79.7 Å². The summed E-state index contributed by atoms with van der Waals surface area (Å²) in [7, 11) is 1.22. The molecule has 0 aliphatic rings. The lowest BCUT2D eigenvalue weighted by Gasteiger charge is -2.03. The average Bonchev–Trinajstić information content (AvgIpc) is 2.20. The van der Waals surface area contributed by atoms with Crippen LogP contribution in [0, 0.1) is 5.82 Å². The minimum absolute atomic E-state index is 0.0529. The SMILES string of the molecule is COC(=O)c1ccc(F)c(NC=O)c1. The van der Waals surface area contributed by atoms with Crippen molar-refractivity contribution in [1.82, 2.24) is 0 Å². The third kappa shape index (κ3) is 2.07. The first-order valence-electron chi connectivity index (χ1n) is 3.77. The molecule has 0 aliphatic carbocycles. The fourth-order valence-electron chi connectivity index (χ4n) is 0.944. The van der Waals surface area contributed by atoms with Crippen LogP contribution in [0.5, 0.6) is 0 Å². The molecule has 0 saturated carbocycles. The molecule has 0 unspecified atom stereocenters. The summed E-state index contributed by atoms with van der Waals surface area (Å²) in [6.45, 7) is 0. The minimum Gasteiger partial charge on any atom is -0.465 e. The zero-order chi connectivity index (χ0) is 10.6. The van der Waals surface area contributed by atoms with E-state index >= 15 is 0 Å². The van der Waals surface area contributed by atoms with Crippen molar-refractivity contribution < 1.29 is 18.7 Å². The van der Waals surface area contributed by atoms with Crippen molar-refractivity contribution in [3.05, 3.63) is 29.6 Å². The fraction of sp³-hybridized carbons (Fsp3) is 0.111. The van der Waals surface area contributed by atoms with Gasteiger partial charge < -0.3 is 10.1 Å². The van der Waals surface area contributed by atoms with Gasteiger partial charge in [0.25, 0.3) is 0 Å². The molecule has 1 aromatic rings. The van der Waals surface area contributed by atoms with Crippen LogP contribution in [-0.4, -0.2) is 19.5 Å². The molecular weight excluding hydrogens is 189 g/mol. The summed E-state index contributed by atoms with van der Waals surface area (Å²) in [4.78, 5) is 21.1. The van der Waals surface area contributed by atoms with Gasteiger partial charge >= 0.3 is 5.97 Å². The molecule has 0 heterocycles. The van der Waals surface area contributed by atoms with Crippen molar-refractivity contribution in [3.8, 4) is 0 Å². The third-order valence-corrected chi connectivity index (χ3v) is 1.60. The lowest BCUT2D eigenvalue weighted by Crippen LogP contribution is -2.04. The maximum absolute atomic E-state index is 13.0. The van der Waals surface area contributed by atoms with E-state index in [1.165, 1.54) is 19.2 Å². The van der Waals surface area contributed by atoms with Crippen LogP contribution >= 0.6 is 0 Å². The normalized spacial score (nSPS) is 9.29. The number of carbonyl (C=O) groups is 2. The molecule has 0 bridgehead atoms. The van der Waals surface area contributed by atoms with E-state index in [1.807, 2.05) is 0 Å². The van der Waals surface area contributed by atoms with Crippen LogP contribution in [-0.2, 0) is 9.53 Å². The van der Waals surface area contributed by atoms with E-state index in [0.29, 0.717) is 6.41 Å². The van der Waals surface area contributed by atoms with E-state index in [0.717, 1.165) is 6.07 Å². The van der Waals surface area contributed by atoms with E-state index in [4.69, 9.17) is 0 Å². The molecule has 74 valence electrons. The van der Waals surface area contributed by atoms with Crippen LogP contribution in [0.2, 0.25) is 0 Å². The van der Waals surface area contributed by atoms with Gasteiger partial charge in [-0.15, -0.1) is 0 Å². The standard InChI is InChI=1S/C9H8FNO3/c1-14-9(13)6-2-3-7(10)8(4-6)11-5-12/h2-5H,1H3,(H,11,12). The van der Waals surface area contributed by atoms with Crippen LogP contribution in [0.25, 0.3) is 0 Å². The molecule has 5 heteroatoms. The zero-order valence-electron chi connectivity index (χ0n) is 7.41. The van der Waals surface area contributed by atoms with Crippen LogP contribution in [0.4, 0.5) is 10.1 Å². The van der Waals surface area contributed by atoms with E-state index in [-0.39, 0.29) is 11.3 Å². The average molecular weight is 197 g/mol. The molecule has 0 saturated heterocycles. The Morgan fingerprint density at radius 3 is 2.86 bits per heavy atom. The van der Waals surface area contributed by atoms with Crippen molar-refractivity contribution in [3.63, 3.8) is 0 Å². The van der Waals surface area contributed by atoms with Gasteiger partial charge in [-0.1, -0.05) is 0 Å². The van der Waals surface area contributed by atoms with Crippen LogP contribution in [0.3, 0.4) is 0 Å². The first kappa shape index (κ1) is 10.2. The van der Waals surface area contributed by atoms with Crippen molar-refractivity contribution in [2.24, 2.45) is 0 Å². The smallest absolute Gasteiger partial charge is 0.337 e. The molecule has 0 fully saturated rings. The van der Waals surface area contributed by atoms with Crippen molar-refractivity contribution in [1.29, 1.82) is 0 Å². The van der Waals surface area contributed by atoms with Gasteiger partial charge in [0.2, 0.25) is 6.41 Å². The molecule has 1 aromatic carbocycles. The molecule has 1 N–H and O–H groups in total. The van der Waals surface area contributed by atoms with Gasteiger partial charge in [-0.25, -0.2) is 9.18 Å². The number of esters is 1. The van der Waals surface area contributed by atoms with Crippen LogP contribution < -0.4 is 5.32 Å². The van der Waals surface area contributed by atoms with Gasteiger partial charge in [0, 0.05) is 0 Å². The molecule has 0 spiro atoms. The molecular formula is C9H8FNO3. The fourth-order valence-corrected chi connectivity index (χ4v) is 0.944. The Balaban J connectivity index is 3.05. The second-order valence-electron chi connectivity index (χ2n) is 2.45. The van der Waals surface area contributed by atoms with Crippen LogP contribution in [0.15, 0.2) is 18.2 Å². The Kier molecular flexibility index (Phi) is 3.17.